The van der Waals surface area contributed by atoms with Crippen LogP contribution in [0.4, 0.5) is 0 Å². The molecule has 3 rings (SSSR count). The van der Waals surface area contributed by atoms with Gasteiger partial charge in [0.15, 0.2) is 6.29 Å². The number of aliphatic hydroxyl groups excluding tert-OH is 3. The molecule has 0 spiro atoms. The molecule has 1 saturated heterocycles. The molecule has 0 radical (unpaired) electrons. The first-order chi connectivity index (χ1) is 10.1. The lowest BCUT2D eigenvalue weighted by atomic mass is 9.99. The standard InChI is InChI=1S/C12H21O9P/c1-22(17,18)21-9-7(14)6(2-13)20-10(8(9)15)19-5-11-3-12(11,16)4-11/h6-10,13-16H,2-5H2,1H3,(H,17,18). The highest BCUT2D eigenvalue weighted by Gasteiger charge is 2.83. The summed E-state index contributed by atoms with van der Waals surface area (Å²) in [5.74, 6) is 0. The lowest BCUT2D eigenvalue weighted by Gasteiger charge is -2.41. The van der Waals surface area contributed by atoms with Gasteiger partial charge in [-0.2, -0.15) is 0 Å². The van der Waals surface area contributed by atoms with Crippen LogP contribution in [0.25, 0.3) is 0 Å². The van der Waals surface area contributed by atoms with Gasteiger partial charge < -0.3 is 34.8 Å². The van der Waals surface area contributed by atoms with Crippen molar-refractivity contribution in [3.05, 3.63) is 0 Å². The monoisotopic (exact) mass is 340 g/mol. The molecule has 0 aromatic rings. The van der Waals surface area contributed by atoms with Gasteiger partial charge >= 0.3 is 7.60 Å². The molecule has 1 heterocycles. The molecule has 5 N–H and O–H groups in total. The molecule has 6 atom stereocenters. The molecule has 9 nitrogen and oxygen atoms in total. The Bertz CT molecular complexity index is 485. The maximum absolute atomic E-state index is 11.4. The lowest BCUT2D eigenvalue weighted by Crippen LogP contribution is -2.59. The van der Waals surface area contributed by atoms with E-state index in [9.17, 15) is 29.9 Å². The first kappa shape index (κ1) is 16.8. The largest absolute Gasteiger partial charge is 0.394 e. The van der Waals surface area contributed by atoms with Crippen LogP contribution in [-0.4, -0.2) is 81.5 Å². The van der Waals surface area contributed by atoms with Crippen LogP contribution in [0.15, 0.2) is 0 Å². The van der Waals surface area contributed by atoms with Crippen LogP contribution in [0.5, 0.6) is 0 Å². The minimum Gasteiger partial charge on any atom is -0.394 e. The molecule has 0 bridgehead atoms. The zero-order valence-electron chi connectivity index (χ0n) is 12.0. The van der Waals surface area contributed by atoms with E-state index in [0.717, 1.165) is 6.66 Å². The minimum atomic E-state index is -3.97. The summed E-state index contributed by atoms with van der Waals surface area (Å²) < 4.78 is 26.9. The van der Waals surface area contributed by atoms with Crippen molar-refractivity contribution in [2.45, 2.75) is 49.1 Å². The molecule has 0 amide bonds. The fourth-order valence-corrected chi connectivity index (χ4v) is 3.70. The predicted molar refractivity (Wildman–Crippen MR) is 71.0 cm³/mol. The highest BCUT2D eigenvalue weighted by Crippen LogP contribution is 2.78. The van der Waals surface area contributed by atoms with Crippen LogP contribution in [0.1, 0.15) is 12.8 Å². The Balaban J connectivity index is 1.65. The third kappa shape index (κ3) is 2.86. The van der Waals surface area contributed by atoms with E-state index in [-0.39, 0.29) is 12.0 Å². The van der Waals surface area contributed by atoms with E-state index in [1.54, 1.807) is 0 Å². The molecule has 6 unspecified atom stereocenters. The van der Waals surface area contributed by atoms with E-state index < -0.39 is 50.5 Å². The Kier molecular flexibility index (Phi) is 3.96. The van der Waals surface area contributed by atoms with E-state index in [1.807, 2.05) is 0 Å². The molecular weight excluding hydrogens is 319 g/mol. The van der Waals surface area contributed by atoms with Gasteiger partial charge in [0.05, 0.1) is 18.8 Å². The molecular formula is C12H21O9P. The Labute approximate surface area is 127 Å². The van der Waals surface area contributed by atoms with E-state index in [2.05, 4.69) is 0 Å². The first-order valence-electron chi connectivity index (χ1n) is 7.06. The summed E-state index contributed by atoms with van der Waals surface area (Å²) in [6.45, 7) is 0.524. The van der Waals surface area contributed by atoms with Crippen molar-refractivity contribution >= 4 is 7.60 Å². The number of ether oxygens (including phenoxy) is 2. The zero-order valence-corrected chi connectivity index (χ0v) is 12.9. The van der Waals surface area contributed by atoms with Crippen molar-refractivity contribution in [2.24, 2.45) is 5.41 Å². The third-order valence-corrected chi connectivity index (χ3v) is 5.30. The Morgan fingerprint density at radius 2 is 1.91 bits per heavy atom. The second-order valence-corrected chi connectivity index (χ2v) is 8.37. The zero-order chi connectivity index (χ0) is 16.3. The van der Waals surface area contributed by atoms with E-state index in [0.29, 0.717) is 12.8 Å². The molecule has 3 aliphatic rings. The average Bonchev–Trinajstić information content (AvgIpc) is 3.17. The fourth-order valence-electron chi connectivity index (χ4n) is 3.00. The minimum absolute atomic E-state index is 0.162. The van der Waals surface area contributed by atoms with Crippen LogP contribution in [0, 0.1) is 5.41 Å². The molecule has 22 heavy (non-hydrogen) atoms. The summed E-state index contributed by atoms with van der Waals surface area (Å²) >= 11 is 0. The van der Waals surface area contributed by atoms with Crippen LogP contribution < -0.4 is 0 Å². The Morgan fingerprint density at radius 1 is 1.32 bits per heavy atom. The van der Waals surface area contributed by atoms with Gasteiger partial charge in [-0.15, -0.1) is 0 Å². The summed E-state index contributed by atoms with van der Waals surface area (Å²) in [5, 5.41) is 39.1. The smallest absolute Gasteiger partial charge is 0.325 e. The number of hydrogen-bond donors (Lipinski definition) is 5. The maximum Gasteiger partial charge on any atom is 0.325 e. The topological polar surface area (TPSA) is 146 Å². The van der Waals surface area contributed by atoms with Crippen molar-refractivity contribution in [3.63, 3.8) is 0 Å². The number of aliphatic hydroxyl groups is 4. The summed E-state index contributed by atoms with van der Waals surface area (Å²) in [7, 11) is -3.97. The molecule has 0 aromatic heterocycles. The van der Waals surface area contributed by atoms with Crippen molar-refractivity contribution in [2.75, 3.05) is 19.9 Å². The number of fused-ring (bicyclic) bond motifs is 1. The highest BCUT2D eigenvalue weighted by atomic mass is 31.2. The lowest BCUT2D eigenvalue weighted by molar-refractivity contribution is -0.299. The van der Waals surface area contributed by atoms with Gasteiger partial charge in [0, 0.05) is 12.1 Å². The van der Waals surface area contributed by atoms with Crippen LogP contribution in [0.2, 0.25) is 0 Å². The van der Waals surface area contributed by atoms with Gasteiger partial charge in [0.1, 0.15) is 24.4 Å². The summed E-state index contributed by atoms with van der Waals surface area (Å²) in [6, 6.07) is 0. The predicted octanol–water partition coefficient (Wildman–Crippen LogP) is -1.83. The molecule has 1 aliphatic heterocycles. The Hall–Kier alpha value is -0.0900. The summed E-state index contributed by atoms with van der Waals surface area (Å²) in [5.41, 5.74) is -0.948. The number of hydrogen-bond acceptors (Lipinski definition) is 8. The van der Waals surface area contributed by atoms with Crippen LogP contribution in [0.3, 0.4) is 0 Å². The van der Waals surface area contributed by atoms with Crippen LogP contribution in [-0.2, 0) is 18.6 Å². The molecule has 2 saturated carbocycles. The van der Waals surface area contributed by atoms with E-state index >= 15 is 0 Å². The van der Waals surface area contributed by atoms with Crippen molar-refractivity contribution in [1.29, 1.82) is 0 Å². The molecule has 128 valence electrons. The van der Waals surface area contributed by atoms with Gasteiger partial charge in [-0.05, 0) is 12.8 Å². The van der Waals surface area contributed by atoms with Crippen molar-refractivity contribution < 1.29 is 43.9 Å². The Morgan fingerprint density at radius 3 is 2.36 bits per heavy atom. The quantitative estimate of drug-likeness (QED) is 0.352. The SMILES string of the molecule is CP(=O)(O)OC1C(O)C(CO)OC(OCC23CC2(O)C3)C1O. The summed E-state index contributed by atoms with van der Waals surface area (Å²) in [6.07, 6.45) is -5.47. The second kappa shape index (κ2) is 5.20. The summed E-state index contributed by atoms with van der Waals surface area (Å²) in [4.78, 5) is 9.29. The number of rotatable bonds is 6. The van der Waals surface area contributed by atoms with E-state index in [4.69, 9.17) is 14.0 Å². The molecule has 0 aromatic carbocycles. The van der Waals surface area contributed by atoms with Crippen LogP contribution >= 0.6 is 7.60 Å². The van der Waals surface area contributed by atoms with Gasteiger partial charge in [-0.25, -0.2) is 0 Å². The van der Waals surface area contributed by atoms with Gasteiger partial charge in [0.2, 0.25) is 0 Å². The average molecular weight is 340 g/mol. The fraction of sp³-hybridized carbons (Fsp3) is 1.00. The first-order valence-corrected chi connectivity index (χ1v) is 9.08. The van der Waals surface area contributed by atoms with Gasteiger partial charge in [-0.1, -0.05) is 0 Å². The van der Waals surface area contributed by atoms with Crippen molar-refractivity contribution in [1.82, 2.24) is 0 Å². The molecule has 2 aliphatic carbocycles. The van der Waals surface area contributed by atoms with Gasteiger partial charge in [-0.3, -0.25) is 9.09 Å². The third-order valence-electron chi connectivity index (χ3n) is 4.66. The highest BCUT2D eigenvalue weighted by molar-refractivity contribution is 7.51. The van der Waals surface area contributed by atoms with Crippen molar-refractivity contribution in [3.8, 4) is 0 Å². The van der Waals surface area contributed by atoms with E-state index in [1.165, 1.54) is 0 Å². The maximum atomic E-state index is 11.4. The van der Waals surface area contributed by atoms with Gasteiger partial charge in [0.25, 0.3) is 0 Å². The molecule has 3 fully saturated rings. The normalized spacial score (nSPS) is 52.7. The molecule has 10 heteroatoms. The second-order valence-electron chi connectivity index (χ2n) is 6.56.